The summed E-state index contributed by atoms with van der Waals surface area (Å²) in [5.74, 6) is 0.151. The van der Waals surface area contributed by atoms with Gasteiger partial charge in [0.2, 0.25) is 5.91 Å². The molecule has 0 spiro atoms. The van der Waals surface area contributed by atoms with Gasteiger partial charge in [-0.25, -0.2) is 0 Å². The van der Waals surface area contributed by atoms with Crippen molar-refractivity contribution in [2.24, 2.45) is 0 Å². The predicted octanol–water partition coefficient (Wildman–Crippen LogP) is 2.75. The van der Waals surface area contributed by atoms with E-state index in [2.05, 4.69) is 17.4 Å². The Hall–Kier alpha value is -2.13. The van der Waals surface area contributed by atoms with E-state index in [4.69, 9.17) is 0 Å². The summed E-state index contributed by atoms with van der Waals surface area (Å²) in [5, 5.41) is 3.37. The lowest BCUT2D eigenvalue weighted by Crippen LogP contribution is -2.49. The number of likely N-dealkylation sites (N-methyl/N-ethyl adjacent to an activating group) is 1. The van der Waals surface area contributed by atoms with Crippen molar-refractivity contribution in [1.29, 1.82) is 0 Å². The van der Waals surface area contributed by atoms with Crippen LogP contribution in [0.15, 0.2) is 54.6 Å². The highest BCUT2D eigenvalue weighted by Crippen LogP contribution is 2.20. The molecule has 1 N–H and O–H groups in total. The fraction of sp³-hybridized carbons (Fsp3) is 0.278. The number of rotatable bonds is 3. The number of carbonyl (C=O) groups is 1. The minimum atomic E-state index is -0.139. The molecule has 0 bridgehead atoms. The second-order valence-electron chi connectivity index (χ2n) is 5.32. The van der Waals surface area contributed by atoms with Crippen LogP contribution in [0, 0.1) is 0 Å². The van der Waals surface area contributed by atoms with Gasteiger partial charge in [-0.15, -0.1) is 0 Å². The van der Waals surface area contributed by atoms with Crippen molar-refractivity contribution in [3.8, 4) is 0 Å². The Morgan fingerprint density at radius 1 is 1.10 bits per heavy atom. The molecular formula is C18H20N2O. The molecule has 1 heterocycles. The Morgan fingerprint density at radius 2 is 1.76 bits per heavy atom. The standard InChI is InChI=1S/C18H20N2O/c1-2-20(16-10-4-3-5-11-16)18(21)17-12-14-8-6-7-9-15(14)13-19-17/h3-11,17,19H,2,12-13H2,1H3. The number of para-hydroxylation sites is 1. The molecule has 1 unspecified atom stereocenters. The molecular weight excluding hydrogens is 260 g/mol. The average Bonchev–Trinajstić information content (AvgIpc) is 2.56. The molecule has 1 amide bonds. The van der Waals surface area contributed by atoms with Crippen LogP contribution in [0.25, 0.3) is 0 Å². The topological polar surface area (TPSA) is 32.3 Å². The monoisotopic (exact) mass is 280 g/mol. The van der Waals surface area contributed by atoms with Crippen molar-refractivity contribution in [1.82, 2.24) is 5.32 Å². The van der Waals surface area contributed by atoms with Crippen molar-refractivity contribution >= 4 is 11.6 Å². The summed E-state index contributed by atoms with van der Waals surface area (Å²) < 4.78 is 0. The van der Waals surface area contributed by atoms with E-state index in [1.807, 2.05) is 54.3 Å². The van der Waals surface area contributed by atoms with Crippen LogP contribution in [-0.2, 0) is 17.8 Å². The molecule has 2 aromatic rings. The van der Waals surface area contributed by atoms with Crippen LogP contribution in [0.5, 0.6) is 0 Å². The number of benzene rings is 2. The zero-order valence-electron chi connectivity index (χ0n) is 12.3. The number of amides is 1. The molecule has 21 heavy (non-hydrogen) atoms. The third-order valence-electron chi connectivity index (χ3n) is 4.03. The number of hydrogen-bond donors (Lipinski definition) is 1. The number of nitrogens with one attached hydrogen (secondary N) is 1. The molecule has 1 aliphatic heterocycles. The number of nitrogens with zero attached hydrogens (tertiary/aromatic N) is 1. The van der Waals surface area contributed by atoms with Crippen molar-refractivity contribution in [2.45, 2.75) is 25.9 Å². The molecule has 3 rings (SSSR count). The largest absolute Gasteiger partial charge is 0.311 e. The van der Waals surface area contributed by atoms with Crippen LogP contribution < -0.4 is 10.2 Å². The fourth-order valence-corrected chi connectivity index (χ4v) is 2.89. The predicted molar refractivity (Wildman–Crippen MR) is 85.2 cm³/mol. The Morgan fingerprint density at radius 3 is 2.48 bits per heavy atom. The van der Waals surface area contributed by atoms with Crippen molar-refractivity contribution in [3.05, 3.63) is 65.7 Å². The van der Waals surface area contributed by atoms with E-state index in [1.165, 1.54) is 11.1 Å². The summed E-state index contributed by atoms with van der Waals surface area (Å²) in [6, 6.07) is 18.1. The van der Waals surface area contributed by atoms with E-state index < -0.39 is 0 Å². The van der Waals surface area contributed by atoms with E-state index in [0.717, 1.165) is 18.7 Å². The van der Waals surface area contributed by atoms with E-state index in [9.17, 15) is 4.79 Å². The number of fused-ring (bicyclic) bond motifs is 1. The SMILES string of the molecule is CCN(C(=O)C1Cc2ccccc2CN1)c1ccccc1. The fourth-order valence-electron chi connectivity index (χ4n) is 2.89. The van der Waals surface area contributed by atoms with Crippen molar-refractivity contribution in [2.75, 3.05) is 11.4 Å². The molecule has 3 heteroatoms. The first-order chi connectivity index (χ1) is 10.3. The molecule has 0 radical (unpaired) electrons. The van der Waals surface area contributed by atoms with E-state index >= 15 is 0 Å². The maximum absolute atomic E-state index is 12.8. The molecule has 3 nitrogen and oxygen atoms in total. The summed E-state index contributed by atoms with van der Waals surface area (Å²) in [4.78, 5) is 14.7. The molecule has 1 aliphatic rings. The minimum absolute atomic E-state index is 0.139. The van der Waals surface area contributed by atoms with Crippen molar-refractivity contribution < 1.29 is 4.79 Å². The third kappa shape index (κ3) is 2.83. The summed E-state index contributed by atoms with van der Waals surface area (Å²) >= 11 is 0. The van der Waals surface area contributed by atoms with Gasteiger partial charge >= 0.3 is 0 Å². The highest BCUT2D eigenvalue weighted by molar-refractivity contribution is 5.97. The molecule has 0 aromatic heterocycles. The van der Waals surface area contributed by atoms with Crippen LogP contribution in [0.3, 0.4) is 0 Å². The molecule has 2 aromatic carbocycles. The van der Waals surface area contributed by atoms with E-state index in [0.29, 0.717) is 6.54 Å². The Balaban J connectivity index is 1.79. The van der Waals surface area contributed by atoms with Gasteiger partial charge in [0.25, 0.3) is 0 Å². The first-order valence-corrected chi connectivity index (χ1v) is 7.46. The highest BCUT2D eigenvalue weighted by Gasteiger charge is 2.27. The van der Waals surface area contributed by atoms with Crippen molar-refractivity contribution in [3.63, 3.8) is 0 Å². The average molecular weight is 280 g/mol. The second-order valence-corrected chi connectivity index (χ2v) is 5.32. The van der Waals surface area contributed by atoms with E-state index in [-0.39, 0.29) is 11.9 Å². The lowest BCUT2D eigenvalue weighted by Gasteiger charge is -2.30. The maximum Gasteiger partial charge on any atom is 0.244 e. The Labute approximate surface area is 125 Å². The lowest BCUT2D eigenvalue weighted by molar-refractivity contribution is -0.120. The smallest absolute Gasteiger partial charge is 0.244 e. The molecule has 0 saturated carbocycles. The van der Waals surface area contributed by atoms with E-state index in [1.54, 1.807) is 0 Å². The molecule has 108 valence electrons. The van der Waals surface area contributed by atoms with Crippen LogP contribution in [-0.4, -0.2) is 18.5 Å². The van der Waals surface area contributed by atoms with Gasteiger partial charge in [-0.1, -0.05) is 42.5 Å². The first kappa shape index (κ1) is 13.8. The quantitative estimate of drug-likeness (QED) is 0.937. The first-order valence-electron chi connectivity index (χ1n) is 7.46. The maximum atomic E-state index is 12.8. The van der Waals surface area contributed by atoms with Crippen LogP contribution in [0.4, 0.5) is 5.69 Å². The molecule has 0 saturated heterocycles. The van der Waals surface area contributed by atoms with Gasteiger partial charge in [0.15, 0.2) is 0 Å². The third-order valence-corrected chi connectivity index (χ3v) is 4.03. The zero-order valence-corrected chi connectivity index (χ0v) is 12.3. The summed E-state index contributed by atoms with van der Waals surface area (Å²) in [6.45, 7) is 3.46. The Kier molecular flexibility index (Phi) is 4.02. The van der Waals surface area contributed by atoms with Crippen LogP contribution >= 0.6 is 0 Å². The highest BCUT2D eigenvalue weighted by atomic mass is 16.2. The zero-order chi connectivity index (χ0) is 14.7. The van der Waals surface area contributed by atoms with Gasteiger partial charge in [0.1, 0.15) is 0 Å². The summed E-state index contributed by atoms with van der Waals surface area (Å²) in [5.41, 5.74) is 3.54. The lowest BCUT2D eigenvalue weighted by atomic mass is 9.95. The van der Waals surface area contributed by atoms with Crippen LogP contribution in [0.2, 0.25) is 0 Å². The van der Waals surface area contributed by atoms with Crippen LogP contribution in [0.1, 0.15) is 18.1 Å². The summed E-state index contributed by atoms with van der Waals surface area (Å²) in [7, 11) is 0. The summed E-state index contributed by atoms with van der Waals surface area (Å²) in [6.07, 6.45) is 0.762. The Bertz CT molecular complexity index is 624. The van der Waals surface area contributed by atoms with Gasteiger partial charge in [0, 0.05) is 18.8 Å². The second kappa shape index (κ2) is 6.10. The minimum Gasteiger partial charge on any atom is -0.311 e. The number of anilines is 1. The van der Waals surface area contributed by atoms with Gasteiger partial charge in [-0.2, -0.15) is 0 Å². The molecule has 0 aliphatic carbocycles. The van der Waals surface area contributed by atoms with Gasteiger partial charge < -0.3 is 10.2 Å². The normalized spacial score (nSPS) is 17.1. The molecule has 1 atom stereocenters. The number of carbonyl (C=O) groups excluding carboxylic acids is 1. The van der Waals surface area contributed by atoms with Gasteiger partial charge in [0.05, 0.1) is 6.04 Å². The number of hydrogen-bond acceptors (Lipinski definition) is 2. The van der Waals surface area contributed by atoms with Gasteiger partial charge in [-0.05, 0) is 36.6 Å². The molecule has 0 fully saturated rings. The van der Waals surface area contributed by atoms with Gasteiger partial charge in [-0.3, -0.25) is 4.79 Å².